The van der Waals surface area contributed by atoms with Crippen LogP contribution in [-0.2, 0) is 19.4 Å². The zero-order chi connectivity index (χ0) is 19.1. The Morgan fingerprint density at radius 1 is 1.11 bits per heavy atom. The highest BCUT2D eigenvalue weighted by molar-refractivity contribution is 5.79. The molecule has 1 aliphatic rings. The lowest BCUT2D eigenvalue weighted by Gasteiger charge is -2.14. The van der Waals surface area contributed by atoms with Crippen molar-refractivity contribution in [3.8, 4) is 17.2 Å². The molecule has 0 saturated carbocycles. The number of aliphatic imine (C=N–C) groups is 1. The molecule has 2 aromatic carbocycles. The van der Waals surface area contributed by atoms with Crippen LogP contribution in [0.5, 0.6) is 17.2 Å². The van der Waals surface area contributed by atoms with Gasteiger partial charge in [0.05, 0.1) is 20.8 Å². The van der Waals surface area contributed by atoms with Gasteiger partial charge in [0.15, 0.2) is 5.96 Å². The molecule has 144 valence electrons. The molecule has 6 heteroatoms. The Labute approximate surface area is 160 Å². The topological polar surface area (TPSA) is 64.1 Å². The largest absolute Gasteiger partial charge is 0.497 e. The monoisotopic (exact) mass is 369 g/mol. The van der Waals surface area contributed by atoms with Gasteiger partial charge in [0, 0.05) is 38.2 Å². The van der Waals surface area contributed by atoms with Crippen molar-refractivity contribution in [2.75, 3.05) is 34.4 Å². The molecule has 0 bridgehead atoms. The van der Waals surface area contributed by atoms with Crippen LogP contribution >= 0.6 is 0 Å². The van der Waals surface area contributed by atoms with E-state index in [4.69, 9.17) is 14.2 Å². The normalized spacial score (nSPS) is 12.9. The van der Waals surface area contributed by atoms with Crippen LogP contribution < -0.4 is 24.8 Å². The summed E-state index contributed by atoms with van der Waals surface area (Å²) in [5, 5.41) is 6.68. The maximum Gasteiger partial charge on any atom is 0.191 e. The summed E-state index contributed by atoms with van der Waals surface area (Å²) in [7, 11) is 5.08. The van der Waals surface area contributed by atoms with Crippen LogP contribution in [0.25, 0.3) is 0 Å². The fourth-order valence-corrected chi connectivity index (χ4v) is 3.12. The Morgan fingerprint density at radius 3 is 2.78 bits per heavy atom. The van der Waals surface area contributed by atoms with E-state index in [1.54, 1.807) is 21.3 Å². The van der Waals surface area contributed by atoms with Crippen molar-refractivity contribution in [3.63, 3.8) is 0 Å². The molecule has 0 unspecified atom stereocenters. The standard InChI is InChI=1S/C21H27N3O3/c1-22-21(24-14-17-5-6-18(25-2)13-20(17)26-3)23-10-8-15-4-7-19-16(12-15)9-11-27-19/h4-7,12-13H,8-11,14H2,1-3H3,(H2,22,23,24). The third kappa shape index (κ3) is 4.84. The van der Waals surface area contributed by atoms with Gasteiger partial charge < -0.3 is 24.8 Å². The van der Waals surface area contributed by atoms with Crippen LogP contribution in [0.15, 0.2) is 41.4 Å². The van der Waals surface area contributed by atoms with Crippen LogP contribution in [0.3, 0.4) is 0 Å². The fraction of sp³-hybridized carbons (Fsp3) is 0.381. The molecule has 0 atom stereocenters. The molecule has 0 fully saturated rings. The number of guanidine groups is 1. The average molecular weight is 369 g/mol. The van der Waals surface area contributed by atoms with Crippen molar-refractivity contribution in [3.05, 3.63) is 53.1 Å². The van der Waals surface area contributed by atoms with E-state index in [0.29, 0.717) is 6.54 Å². The maximum absolute atomic E-state index is 5.56. The Bertz CT molecular complexity index is 805. The molecule has 0 amide bonds. The first-order valence-electron chi connectivity index (χ1n) is 9.13. The second-order valence-electron chi connectivity index (χ2n) is 6.32. The maximum atomic E-state index is 5.56. The highest BCUT2D eigenvalue weighted by Gasteiger charge is 2.12. The van der Waals surface area contributed by atoms with Gasteiger partial charge in [-0.15, -0.1) is 0 Å². The van der Waals surface area contributed by atoms with Gasteiger partial charge in [0.2, 0.25) is 0 Å². The number of nitrogens with zero attached hydrogens (tertiary/aromatic N) is 1. The van der Waals surface area contributed by atoms with Crippen molar-refractivity contribution < 1.29 is 14.2 Å². The van der Waals surface area contributed by atoms with Gasteiger partial charge in [-0.2, -0.15) is 0 Å². The van der Waals surface area contributed by atoms with Crippen LogP contribution in [0.2, 0.25) is 0 Å². The number of methoxy groups -OCH3 is 2. The lowest BCUT2D eigenvalue weighted by atomic mass is 10.1. The van der Waals surface area contributed by atoms with Crippen LogP contribution in [-0.4, -0.2) is 40.4 Å². The van der Waals surface area contributed by atoms with Crippen LogP contribution in [0, 0.1) is 0 Å². The summed E-state index contributed by atoms with van der Waals surface area (Å²) in [4.78, 5) is 4.29. The second-order valence-corrected chi connectivity index (χ2v) is 6.32. The van der Waals surface area contributed by atoms with Gasteiger partial charge in [-0.1, -0.05) is 12.1 Å². The molecule has 0 spiro atoms. The summed E-state index contributed by atoms with van der Waals surface area (Å²) in [6, 6.07) is 12.2. The van der Waals surface area contributed by atoms with Gasteiger partial charge in [0.25, 0.3) is 0 Å². The summed E-state index contributed by atoms with van der Waals surface area (Å²) in [6.07, 6.45) is 1.93. The fourth-order valence-electron chi connectivity index (χ4n) is 3.12. The number of rotatable bonds is 7. The first kappa shape index (κ1) is 18.9. The van der Waals surface area contributed by atoms with Crippen LogP contribution in [0.4, 0.5) is 0 Å². The van der Waals surface area contributed by atoms with Crippen molar-refractivity contribution in [1.82, 2.24) is 10.6 Å². The molecule has 1 heterocycles. The second kappa shape index (κ2) is 9.16. The van der Waals surface area contributed by atoms with Crippen molar-refractivity contribution in [2.45, 2.75) is 19.4 Å². The predicted octanol–water partition coefficient (Wildman–Crippen LogP) is 2.55. The first-order chi connectivity index (χ1) is 13.2. The molecule has 2 aromatic rings. The number of ether oxygens (including phenoxy) is 3. The molecule has 1 aliphatic heterocycles. The Hall–Kier alpha value is -2.89. The van der Waals surface area contributed by atoms with Crippen molar-refractivity contribution in [2.24, 2.45) is 4.99 Å². The zero-order valence-corrected chi connectivity index (χ0v) is 16.2. The third-order valence-electron chi connectivity index (χ3n) is 4.62. The van der Waals surface area contributed by atoms with Crippen molar-refractivity contribution >= 4 is 5.96 Å². The lowest BCUT2D eigenvalue weighted by molar-refractivity contribution is 0.357. The molecular formula is C21H27N3O3. The number of benzene rings is 2. The van der Waals surface area contributed by atoms with Crippen molar-refractivity contribution in [1.29, 1.82) is 0 Å². The summed E-state index contributed by atoms with van der Waals surface area (Å²) in [5.41, 5.74) is 3.65. The Kier molecular flexibility index (Phi) is 6.41. The molecule has 0 aromatic heterocycles. The lowest BCUT2D eigenvalue weighted by Crippen LogP contribution is -2.37. The number of nitrogens with one attached hydrogen (secondary N) is 2. The SMILES string of the molecule is CN=C(NCCc1ccc2c(c1)CCO2)NCc1ccc(OC)cc1OC. The Balaban J connectivity index is 1.50. The van der Waals surface area contributed by atoms with E-state index in [9.17, 15) is 0 Å². The molecule has 0 aliphatic carbocycles. The highest BCUT2D eigenvalue weighted by atomic mass is 16.5. The summed E-state index contributed by atoms with van der Waals surface area (Å²) >= 11 is 0. The molecule has 27 heavy (non-hydrogen) atoms. The van der Waals surface area contributed by atoms with Gasteiger partial charge in [-0.05, 0) is 35.7 Å². The average Bonchev–Trinajstić information content (AvgIpc) is 3.18. The first-order valence-corrected chi connectivity index (χ1v) is 9.13. The molecule has 0 saturated heterocycles. The number of fused-ring (bicyclic) bond motifs is 1. The predicted molar refractivity (Wildman–Crippen MR) is 107 cm³/mol. The number of hydrogen-bond acceptors (Lipinski definition) is 4. The van der Waals surface area contributed by atoms with E-state index in [-0.39, 0.29) is 0 Å². The molecule has 2 N–H and O–H groups in total. The van der Waals surface area contributed by atoms with E-state index in [1.165, 1.54) is 11.1 Å². The molecule has 3 rings (SSSR count). The minimum Gasteiger partial charge on any atom is -0.497 e. The number of hydrogen-bond donors (Lipinski definition) is 2. The summed E-state index contributed by atoms with van der Waals surface area (Å²) in [5.74, 6) is 3.35. The van der Waals surface area contributed by atoms with E-state index in [0.717, 1.165) is 54.8 Å². The van der Waals surface area contributed by atoms with E-state index >= 15 is 0 Å². The zero-order valence-electron chi connectivity index (χ0n) is 16.2. The van der Waals surface area contributed by atoms with Gasteiger partial charge in [-0.25, -0.2) is 0 Å². The van der Waals surface area contributed by atoms with Gasteiger partial charge >= 0.3 is 0 Å². The summed E-state index contributed by atoms with van der Waals surface area (Å²) in [6.45, 7) is 2.21. The minimum atomic E-state index is 0.614. The Morgan fingerprint density at radius 2 is 2.00 bits per heavy atom. The van der Waals surface area contributed by atoms with Gasteiger partial charge in [0.1, 0.15) is 17.2 Å². The van der Waals surface area contributed by atoms with E-state index in [1.807, 2.05) is 18.2 Å². The van der Waals surface area contributed by atoms with Gasteiger partial charge in [-0.3, -0.25) is 4.99 Å². The summed E-state index contributed by atoms with van der Waals surface area (Å²) < 4.78 is 16.2. The molecule has 0 radical (unpaired) electrons. The quantitative estimate of drug-likeness (QED) is 0.580. The smallest absolute Gasteiger partial charge is 0.191 e. The van der Waals surface area contributed by atoms with Crippen LogP contribution in [0.1, 0.15) is 16.7 Å². The third-order valence-corrected chi connectivity index (χ3v) is 4.62. The molecular weight excluding hydrogens is 342 g/mol. The molecule has 6 nitrogen and oxygen atoms in total. The highest BCUT2D eigenvalue weighted by Crippen LogP contribution is 2.26. The minimum absolute atomic E-state index is 0.614. The van der Waals surface area contributed by atoms with E-state index < -0.39 is 0 Å². The van der Waals surface area contributed by atoms with E-state index in [2.05, 4.69) is 33.8 Å².